The average Bonchev–Trinajstić information content (AvgIpc) is 2.86. The quantitative estimate of drug-likeness (QED) is 0.880. The summed E-state index contributed by atoms with van der Waals surface area (Å²) in [4.78, 5) is 2.13. The van der Waals surface area contributed by atoms with Crippen LogP contribution in [0, 0.1) is 0 Å². The molecule has 0 aliphatic heterocycles. The Morgan fingerprint density at radius 1 is 1.33 bits per heavy atom. The maximum atomic E-state index is 5.62. The zero-order chi connectivity index (χ0) is 13.0. The molecular weight excluding hydrogens is 228 g/mol. The van der Waals surface area contributed by atoms with Crippen LogP contribution in [0.15, 0.2) is 41.0 Å². The number of hydrogen-bond donors (Lipinski definition) is 1. The monoisotopic (exact) mass is 246 g/mol. The summed E-state index contributed by atoms with van der Waals surface area (Å²) in [5.41, 5.74) is 7.83. The second kappa shape index (κ2) is 5.60. The number of furan rings is 1. The smallest absolute Gasteiger partial charge is 0.122 e. The van der Waals surface area contributed by atoms with Gasteiger partial charge < -0.3 is 19.8 Å². The lowest BCUT2D eigenvalue weighted by Crippen LogP contribution is -2.17. The first-order valence-electron chi connectivity index (χ1n) is 5.85. The van der Waals surface area contributed by atoms with Gasteiger partial charge in [-0.25, -0.2) is 0 Å². The second-order valence-corrected chi connectivity index (χ2v) is 4.13. The summed E-state index contributed by atoms with van der Waals surface area (Å²) in [6.45, 7) is 1.19. The Morgan fingerprint density at radius 2 is 2.17 bits per heavy atom. The molecule has 0 bridgehead atoms. The molecule has 0 aliphatic carbocycles. The van der Waals surface area contributed by atoms with Gasteiger partial charge in [0.25, 0.3) is 0 Å². The lowest BCUT2D eigenvalue weighted by Gasteiger charge is -2.19. The summed E-state index contributed by atoms with van der Waals surface area (Å²) in [5, 5.41) is 0. The van der Waals surface area contributed by atoms with Gasteiger partial charge in [-0.05, 0) is 18.2 Å². The van der Waals surface area contributed by atoms with Gasteiger partial charge >= 0.3 is 0 Å². The Labute approximate surface area is 107 Å². The van der Waals surface area contributed by atoms with Crippen LogP contribution >= 0.6 is 0 Å². The van der Waals surface area contributed by atoms with Crippen molar-refractivity contribution in [1.29, 1.82) is 0 Å². The SMILES string of the molecule is COc1cccc(N(C)Cc2ccoc2CN)c1. The molecule has 0 atom stereocenters. The Morgan fingerprint density at radius 3 is 2.89 bits per heavy atom. The zero-order valence-corrected chi connectivity index (χ0v) is 10.7. The highest BCUT2D eigenvalue weighted by molar-refractivity contribution is 5.50. The molecule has 0 unspecified atom stereocenters. The molecule has 18 heavy (non-hydrogen) atoms. The largest absolute Gasteiger partial charge is 0.497 e. The molecule has 0 amide bonds. The number of anilines is 1. The topological polar surface area (TPSA) is 51.6 Å². The van der Waals surface area contributed by atoms with E-state index in [1.54, 1.807) is 13.4 Å². The van der Waals surface area contributed by atoms with E-state index < -0.39 is 0 Å². The molecule has 2 aromatic rings. The number of nitrogens with zero attached hydrogens (tertiary/aromatic N) is 1. The highest BCUT2D eigenvalue weighted by Crippen LogP contribution is 2.22. The first-order valence-corrected chi connectivity index (χ1v) is 5.85. The van der Waals surface area contributed by atoms with Crippen LogP contribution in [0.3, 0.4) is 0 Å². The molecule has 2 N–H and O–H groups in total. The highest BCUT2D eigenvalue weighted by Gasteiger charge is 2.08. The van der Waals surface area contributed by atoms with E-state index >= 15 is 0 Å². The van der Waals surface area contributed by atoms with Crippen molar-refractivity contribution in [1.82, 2.24) is 0 Å². The molecule has 1 aromatic heterocycles. The van der Waals surface area contributed by atoms with Crippen molar-refractivity contribution < 1.29 is 9.15 Å². The van der Waals surface area contributed by atoms with E-state index in [0.717, 1.165) is 29.3 Å². The molecule has 0 saturated heterocycles. The van der Waals surface area contributed by atoms with Gasteiger partial charge in [-0.2, -0.15) is 0 Å². The maximum absolute atomic E-state index is 5.62. The number of methoxy groups -OCH3 is 1. The standard InChI is InChI=1S/C14H18N2O2/c1-16(10-11-6-7-18-14(11)9-15)12-4-3-5-13(8-12)17-2/h3-8H,9-10,15H2,1-2H3. The molecular formula is C14H18N2O2. The van der Waals surface area contributed by atoms with Gasteiger partial charge in [0.1, 0.15) is 11.5 Å². The van der Waals surface area contributed by atoms with E-state index in [-0.39, 0.29) is 0 Å². The predicted molar refractivity (Wildman–Crippen MR) is 71.7 cm³/mol. The van der Waals surface area contributed by atoms with Gasteiger partial charge in [0.05, 0.1) is 19.9 Å². The number of ether oxygens (including phenoxy) is 1. The lowest BCUT2D eigenvalue weighted by molar-refractivity contribution is 0.415. The summed E-state index contributed by atoms with van der Waals surface area (Å²) >= 11 is 0. The Bertz CT molecular complexity index is 508. The summed E-state index contributed by atoms with van der Waals surface area (Å²) in [5.74, 6) is 1.69. The van der Waals surface area contributed by atoms with Gasteiger partial charge in [0, 0.05) is 30.9 Å². The summed E-state index contributed by atoms with van der Waals surface area (Å²) in [6, 6.07) is 9.91. The van der Waals surface area contributed by atoms with Crippen molar-refractivity contribution in [2.75, 3.05) is 19.1 Å². The summed E-state index contributed by atoms with van der Waals surface area (Å²) in [6.07, 6.45) is 1.68. The summed E-state index contributed by atoms with van der Waals surface area (Å²) < 4.78 is 10.5. The molecule has 0 fully saturated rings. The van der Waals surface area contributed by atoms with Crippen molar-refractivity contribution in [3.63, 3.8) is 0 Å². The van der Waals surface area contributed by atoms with Crippen molar-refractivity contribution in [3.05, 3.63) is 47.9 Å². The van der Waals surface area contributed by atoms with Crippen LogP contribution in [0.25, 0.3) is 0 Å². The third-order valence-corrected chi connectivity index (χ3v) is 2.92. The predicted octanol–water partition coefficient (Wildman–Crippen LogP) is 2.38. The van der Waals surface area contributed by atoms with Crippen molar-refractivity contribution in [3.8, 4) is 5.75 Å². The molecule has 0 saturated carbocycles. The van der Waals surface area contributed by atoms with Crippen molar-refractivity contribution in [2.24, 2.45) is 5.73 Å². The Kier molecular flexibility index (Phi) is 3.89. The number of benzene rings is 1. The van der Waals surface area contributed by atoms with Crippen LogP contribution in [-0.4, -0.2) is 14.2 Å². The number of rotatable bonds is 5. The van der Waals surface area contributed by atoms with E-state index in [0.29, 0.717) is 6.54 Å². The number of nitrogens with two attached hydrogens (primary N) is 1. The summed E-state index contributed by atoms with van der Waals surface area (Å²) in [7, 11) is 3.70. The minimum absolute atomic E-state index is 0.425. The van der Waals surface area contributed by atoms with Crippen LogP contribution in [0.1, 0.15) is 11.3 Å². The normalized spacial score (nSPS) is 10.4. The van der Waals surface area contributed by atoms with Crippen LogP contribution in [0.4, 0.5) is 5.69 Å². The van der Waals surface area contributed by atoms with Crippen molar-refractivity contribution >= 4 is 5.69 Å². The third-order valence-electron chi connectivity index (χ3n) is 2.92. The van der Waals surface area contributed by atoms with Crippen LogP contribution in [0.5, 0.6) is 5.75 Å². The molecule has 0 radical (unpaired) electrons. The van der Waals surface area contributed by atoms with E-state index in [1.165, 1.54) is 0 Å². The van der Waals surface area contributed by atoms with E-state index in [4.69, 9.17) is 14.9 Å². The maximum Gasteiger partial charge on any atom is 0.122 e. The van der Waals surface area contributed by atoms with Crippen LogP contribution < -0.4 is 15.4 Å². The second-order valence-electron chi connectivity index (χ2n) is 4.13. The van der Waals surface area contributed by atoms with E-state index in [9.17, 15) is 0 Å². The van der Waals surface area contributed by atoms with E-state index in [1.807, 2.05) is 37.4 Å². The first-order chi connectivity index (χ1) is 8.74. The third kappa shape index (κ3) is 2.65. The van der Waals surface area contributed by atoms with Crippen molar-refractivity contribution in [2.45, 2.75) is 13.1 Å². The van der Waals surface area contributed by atoms with Gasteiger partial charge in [-0.1, -0.05) is 6.07 Å². The zero-order valence-electron chi connectivity index (χ0n) is 10.7. The minimum Gasteiger partial charge on any atom is -0.497 e. The fourth-order valence-electron chi connectivity index (χ4n) is 1.88. The first kappa shape index (κ1) is 12.5. The molecule has 4 nitrogen and oxygen atoms in total. The van der Waals surface area contributed by atoms with Gasteiger partial charge in [0.2, 0.25) is 0 Å². The molecule has 0 spiro atoms. The van der Waals surface area contributed by atoms with Gasteiger partial charge in [-0.15, -0.1) is 0 Å². The minimum atomic E-state index is 0.425. The fourth-order valence-corrected chi connectivity index (χ4v) is 1.88. The molecule has 1 aromatic carbocycles. The molecule has 96 valence electrons. The Hall–Kier alpha value is -1.94. The van der Waals surface area contributed by atoms with Gasteiger partial charge in [-0.3, -0.25) is 0 Å². The molecule has 2 rings (SSSR count). The molecule has 4 heteroatoms. The Balaban J connectivity index is 2.13. The van der Waals surface area contributed by atoms with Gasteiger partial charge in [0.15, 0.2) is 0 Å². The lowest BCUT2D eigenvalue weighted by atomic mass is 10.2. The molecule has 0 aliphatic rings. The average molecular weight is 246 g/mol. The van der Waals surface area contributed by atoms with Crippen LogP contribution in [0.2, 0.25) is 0 Å². The fraction of sp³-hybridized carbons (Fsp3) is 0.286. The highest BCUT2D eigenvalue weighted by atomic mass is 16.5. The molecule has 1 heterocycles. The number of hydrogen-bond acceptors (Lipinski definition) is 4. The van der Waals surface area contributed by atoms with E-state index in [2.05, 4.69) is 4.90 Å². The van der Waals surface area contributed by atoms with Crippen LogP contribution in [-0.2, 0) is 13.1 Å².